The van der Waals surface area contributed by atoms with Crippen LogP contribution in [0.25, 0.3) is 10.2 Å². The summed E-state index contributed by atoms with van der Waals surface area (Å²) in [5.74, 6) is 0.589. The summed E-state index contributed by atoms with van der Waals surface area (Å²) < 4.78 is 5.92. The molecule has 0 fully saturated rings. The van der Waals surface area contributed by atoms with E-state index in [0.717, 1.165) is 33.5 Å². The smallest absolute Gasteiger partial charge is 0.261 e. The van der Waals surface area contributed by atoms with E-state index in [1.54, 1.807) is 6.20 Å². The topological polar surface area (TPSA) is 89.0 Å². The standard InChI is InChI=1S/C24H23N5O2S/c1-15-20-22(26-12-17-7-4-5-10-25-17)28-14-29-24(20)32-21(15)23(30)27-13-19-18-8-3-2-6-16(18)9-11-31-19/h2-8,10,14,19H,9,11-13H2,1H3,(H,27,30)(H,26,28,29). The summed E-state index contributed by atoms with van der Waals surface area (Å²) >= 11 is 1.38. The van der Waals surface area contributed by atoms with Gasteiger partial charge in [-0.2, -0.15) is 0 Å². The molecular formula is C24H23N5O2S. The third-order valence-corrected chi connectivity index (χ3v) is 6.84. The highest BCUT2D eigenvalue weighted by atomic mass is 32.1. The zero-order chi connectivity index (χ0) is 21.9. The van der Waals surface area contributed by atoms with E-state index in [1.807, 2.05) is 37.3 Å². The van der Waals surface area contributed by atoms with Crippen LogP contribution in [0, 0.1) is 6.92 Å². The molecule has 0 saturated carbocycles. The lowest BCUT2D eigenvalue weighted by molar-refractivity contribution is 0.0412. The van der Waals surface area contributed by atoms with Crippen LogP contribution in [-0.2, 0) is 17.7 Å². The Hall–Kier alpha value is -3.36. The summed E-state index contributed by atoms with van der Waals surface area (Å²) in [5, 5.41) is 7.26. The molecule has 1 amide bonds. The number of aromatic nitrogens is 3. The van der Waals surface area contributed by atoms with Crippen molar-refractivity contribution >= 4 is 33.3 Å². The lowest BCUT2D eigenvalue weighted by Gasteiger charge is -2.26. The van der Waals surface area contributed by atoms with Gasteiger partial charge in [0.1, 0.15) is 23.1 Å². The molecule has 7 nitrogen and oxygen atoms in total. The second kappa shape index (κ2) is 9.02. The Morgan fingerprint density at radius 2 is 2.03 bits per heavy atom. The van der Waals surface area contributed by atoms with E-state index in [4.69, 9.17) is 4.74 Å². The van der Waals surface area contributed by atoms with Crippen LogP contribution < -0.4 is 10.6 Å². The number of pyridine rings is 1. The zero-order valence-corrected chi connectivity index (χ0v) is 18.5. The van der Waals surface area contributed by atoms with Crippen molar-refractivity contribution < 1.29 is 9.53 Å². The minimum absolute atomic E-state index is 0.118. The molecular weight excluding hydrogens is 422 g/mol. The Labute approximate surface area is 189 Å². The van der Waals surface area contributed by atoms with Gasteiger partial charge in [-0.1, -0.05) is 30.3 Å². The summed E-state index contributed by atoms with van der Waals surface area (Å²) in [6, 6.07) is 14.0. The van der Waals surface area contributed by atoms with E-state index in [-0.39, 0.29) is 12.0 Å². The fourth-order valence-electron chi connectivity index (χ4n) is 4.01. The number of ether oxygens (including phenoxy) is 1. The molecule has 0 spiro atoms. The van der Waals surface area contributed by atoms with Crippen molar-refractivity contribution in [3.63, 3.8) is 0 Å². The minimum Gasteiger partial charge on any atom is -0.371 e. The number of fused-ring (bicyclic) bond motifs is 2. The molecule has 1 aliphatic heterocycles. The number of carbonyl (C=O) groups is 1. The van der Waals surface area contributed by atoms with Crippen molar-refractivity contribution in [1.29, 1.82) is 0 Å². The van der Waals surface area contributed by atoms with E-state index in [1.165, 1.54) is 23.2 Å². The van der Waals surface area contributed by atoms with Crippen molar-refractivity contribution in [3.05, 3.63) is 82.3 Å². The van der Waals surface area contributed by atoms with Gasteiger partial charge in [-0.3, -0.25) is 9.78 Å². The van der Waals surface area contributed by atoms with Gasteiger partial charge in [0.05, 0.1) is 29.1 Å². The van der Waals surface area contributed by atoms with E-state index >= 15 is 0 Å². The fraction of sp³-hybridized carbons (Fsp3) is 0.250. The molecule has 32 heavy (non-hydrogen) atoms. The van der Waals surface area contributed by atoms with Gasteiger partial charge in [0.15, 0.2) is 0 Å². The Balaban J connectivity index is 1.33. The van der Waals surface area contributed by atoms with E-state index in [9.17, 15) is 4.79 Å². The molecule has 0 radical (unpaired) electrons. The summed E-state index contributed by atoms with van der Waals surface area (Å²) in [7, 11) is 0. The molecule has 1 aliphatic rings. The van der Waals surface area contributed by atoms with Gasteiger partial charge in [-0.05, 0) is 42.2 Å². The number of amides is 1. The summed E-state index contributed by atoms with van der Waals surface area (Å²) in [5.41, 5.74) is 4.23. The van der Waals surface area contributed by atoms with Gasteiger partial charge >= 0.3 is 0 Å². The van der Waals surface area contributed by atoms with Crippen molar-refractivity contribution in [2.45, 2.75) is 26.0 Å². The van der Waals surface area contributed by atoms with E-state index < -0.39 is 0 Å². The first kappa shape index (κ1) is 20.5. The molecule has 1 aromatic carbocycles. The van der Waals surface area contributed by atoms with Gasteiger partial charge in [-0.25, -0.2) is 9.97 Å². The first-order valence-corrected chi connectivity index (χ1v) is 11.4. The third-order valence-electron chi connectivity index (χ3n) is 5.64. The molecule has 4 aromatic rings. The predicted octanol–water partition coefficient (Wildman–Crippen LogP) is 4.05. The summed E-state index contributed by atoms with van der Waals surface area (Å²) in [6.45, 7) is 3.58. The maximum atomic E-state index is 13.0. The maximum absolute atomic E-state index is 13.0. The van der Waals surface area contributed by atoms with Crippen molar-refractivity contribution in [2.24, 2.45) is 0 Å². The van der Waals surface area contributed by atoms with Gasteiger partial charge in [0.2, 0.25) is 0 Å². The average molecular weight is 446 g/mol. The second-order valence-corrected chi connectivity index (χ2v) is 8.65. The predicted molar refractivity (Wildman–Crippen MR) is 125 cm³/mol. The number of anilines is 1. The van der Waals surface area contributed by atoms with Crippen LogP contribution in [0.2, 0.25) is 0 Å². The molecule has 2 N–H and O–H groups in total. The number of carbonyl (C=O) groups excluding carboxylic acids is 1. The Morgan fingerprint density at radius 1 is 1.16 bits per heavy atom. The van der Waals surface area contributed by atoms with Gasteiger partial charge < -0.3 is 15.4 Å². The largest absolute Gasteiger partial charge is 0.371 e. The average Bonchev–Trinajstić information content (AvgIpc) is 3.19. The number of benzene rings is 1. The van der Waals surface area contributed by atoms with Gasteiger partial charge in [0.25, 0.3) is 5.91 Å². The maximum Gasteiger partial charge on any atom is 0.261 e. The number of hydrogen-bond acceptors (Lipinski definition) is 7. The highest BCUT2D eigenvalue weighted by molar-refractivity contribution is 7.20. The minimum atomic E-state index is -0.131. The molecule has 5 rings (SSSR count). The molecule has 8 heteroatoms. The Kier molecular flexibility index (Phi) is 5.79. The van der Waals surface area contributed by atoms with E-state index in [2.05, 4.69) is 37.7 Å². The normalized spacial score (nSPS) is 15.3. The molecule has 0 saturated heterocycles. The number of rotatable bonds is 6. The highest BCUT2D eigenvalue weighted by Crippen LogP contribution is 2.33. The number of aryl methyl sites for hydroxylation is 1. The van der Waals surface area contributed by atoms with Crippen LogP contribution in [-0.4, -0.2) is 34.0 Å². The lowest BCUT2D eigenvalue weighted by Crippen LogP contribution is -2.31. The monoisotopic (exact) mass is 445 g/mol. The van der Waals surface area contributed by atoms with Crippen LogP contribution in [0.3, 0.4) is 0 Å². The van der Waals surface area contributed by atoms with Crippen LogP contribution >= 0.6 is 11.3 Å². The van der Waals surface area contributed by atoms with Crippen molar-refractivity contribution in [1.82, 2.24) is 20.3 Å². The summed E-state index contributed by atoms with van der Waals surface area (Å²) in [4.78, 5) is 27.6. The fourth-order valence-corrected chi connectivity index (χ4v) is 5.08. The van der Waals surface area contributed by atoms with Crippen molar-refractivity contribution in [3.8, 4) is 0 Å². The van der Waals surface area contributed by atoms with Gasteiger partial charge in [0, 0.05) is 12.7 Å². The number of nitrogens with one attached hydrogen (secondary N) is 2. The van der Waals surface area contributed by atoms with Gasteiger partial charge in [-0.15, -0.1) is 11.3 Å². The van der Waals surface area contributed by atoms with Crippen LogP contribution in [0.5, 0.6) is 0 Å². The molecule has 162 valence electrons. The third kappa shape index (κ3) is 4.06. The Bertz CT molecular complexity index is 1260. The quantitative estimate of drug-likeness (QED) is 0.465. The first-order valence-electron chi connectivity index (χ1n) is 10.6. The van der Waals surface area contributed by atoms with Crippen LogP contribution in [0.1, 0.15) is 38.2 Å². The van der Waals surface area contributed by atoms with Crippen molar-refractivity contribution in [2.75, 3.05) is 18.5 Å². The molecule has 0 aliphatic carbocycles. The first-order chi connectivity index (χ1) is 15.7. The summed E-state index contributed by atoms with van der Waals surface area (Å²) in [6.07, 6.45) is 4.06. The molecule has 0 bridgehead atoms. The number of hydrogen-bond donors (Lipinski definition) is 2. The van der Waals surface area contributed by atoms with Crippen LogP contribution in [0.15, 0.2) is 55.0 Å². The Morgan fingerprint density at radius 3 is 2.91 bits per heavy atom. The molecule has 3 aromatic heterocycles. The highest BCUT2D eigenvalue weighted by Gasteiger charge is 2.23. The number of thiophene rings is 1. The zero-order valence-electron chi connectivity index (χ0n) is 17.7. The molecule has 4 heterocycles. The molecule has 1 atom stereocenters. The van der Waals surface area contributed by atoms with E-state index in [0.29, 0.717) is 30.4 Å². The molecule has 1 unspecified atom stereocenters. The second-order valence-electron chi connectivity index (χ2n) is 7.65. The van der Waals surface area contributed by atoms with Crippen LogP contribution in [0.4, 0.5) is 5.82 Å². The number of nitrogens with zero attached hydrogens (tertiary/aromatic N) is 3. The SMILES string of the molecule is Cc1c(C(=O)NCC2OCCc3ccccc32)sc2ncnc(NCc3ccccn3)c12. The lowest BCUT2D eigenvalue weighted by atomic mass is 9.97.